The molecule has 1 saturated heterocycles. The second-order valence-corrected chi connectivity index (χ2v) is 8.06. The highest BCUT2D eigenvalue weighted by Gasteiger charge is 2.26. The van der Waals surface area contributed by atoms with Crippen molar-refractivity contribution < 1.29 is 23.7 Å². The molecule has 8 heteroatoms. The number of methoxy groups -OCH3 is 3. The van der Waals surface area contributed by atoms with E-state index >= 15 is 0 Å². The van der Waals surface area contributed by atoms with E-state index in [-0.39, 0.29) is 12.2 Å². The number of fused-ring (bicyclic) bond motifs is 1. The van der Waals surface area contributed by atoms with E-state index in [4.69, 9.17) is 33.7 Å². The van der Waals surface area contributed by atoms with Crippen LogP contribution in [0.15, 0.2) is 30.3 Å². The van der Waals surface area contributed by atoms with Gasteiger partial charge in [0.2, 0.25) is 0 Å². The molecule has 0 bridgehead atoms. The predicted molar refractivity (Wildman–Crippen MR) is 128 cm³/mol. The molecule has 2 aromatic carbocycles. The topological polar surface area (TPSA) is 75.2 Å². The fourth-order valence-corrected chi connectivity index (χ4v) is 4.24. The first kappa shape index (κ1) is 22.9. The molecule has 0 amide bonds. The van der Waals surface area contributed by atoms with Gasteiger partial charge in [0.1, 0.15) is 5.82 Å². The fraction of sp³-hybridized carbons (Fsp3) is 0.440. The minimum Gasteiger partial charge on any atom is -0.493 e. The Morgan fingerprint density at radius 3 is 2.18 bits per heavy atom. The summed E-state index contributed by atoms with van der Waals surface area (Å²) < 4.78 is 28.3. The Kier molecular flexibility index (Phi) is 6.74. The van der Waals surface area contributed by atoms with Crippen LogP contribution in [0.2, 0.25) is 0 Å². The molecule has 3 aromatic rings. The van der Waals surface area contributed by atoms with Gasteiger partial charge in [-0.25, -0.2) is 9.97 Å². The number of ether oxygens (including phenoxy) is 5. The van der Waals surface area contributed by atoms with Crippen molar-refractivity contribution in [1.29, 1.82) is 0 Å². The Morgan fingerprint density at radius 1 is 0.879 bits per heavy atom. The zero-order chi connectivity index (χ0) is 23.5. The van der Waals surface area contributed by atoms with E-state index in [1.807, 2.05) is 37.3 Å². The zero-order valence-electron chi connectivity index (χ0n) is 20.0. The fourth-order valence-electron chi connectivity index (χ4n) is 4.24. The number of morpholine rings is 1. The molecule has 0 aliphatic carbocycles. The van der Waals surface area contributed by atoms with E-state index in [1.165, 1.54) is 0 Å². The lowest BCUT2D eigenvalue weighted by Gasteiger charge is -2.36. The number of hydrogen-bond donors (Lipinski definition) is 0. The highest BCUT2D eigenvalue weighted by Crippen LogP contribution is 2.38. The van der Waals surface area contributed by atoms with Crippen LogP contribution in [0.3, 0.4) is 0 Å². The van der Waals surface area contributed by atoms with Gasteiger partial charge < -0.3 is 28.6 Å². The molecule has 1 aliphatic rings. The van der Waals surface area contributed by atoms with Gasteiger partial charge in [-0.1, -0.05) is 0 Å². The molecule has 1 aliphatic heterocycles. The third-order valence-electron chi connectivity index (χ3n) is 5.62. The summed E-state index contributed by atoms with van der Waals surface area (Å²) in [5, 5.41) is 0.904. The van der Waals surface area contributed by atoms with Crippen LogP contribution < -0.4 is 23.8 Å². The van der Waals surface area contributed by atoms with Crippen molar-refractivity contribution in [3.63, 3.8) is 0 Å². The van der Waals surface area contributed by atoms with E-state index in [0.29, 0.717) is 35.4 Å². The largest absolute Gasteiger partial charge is 0.493 e. The number of rotatable bonds is 7. The molecular formula is C25H31N3O5. The lowest BCUT2D eigenvalue weighted by molar-refractivity contribution is -0.00536. The van der Waals surface area contributed by atoms with Gasteiger partial charge in [-0.3, -0.25) is 0 Å². The van der Waals surface area contributed by atoms with Crippen LogP contribution in [0.4, 0.5) is 5.82 Å². The molecule has 2 atom stereocenters. The normalized spacial score (nSPS) is 18.3. The highest BCUT2D eigenvalue weighted by atomic mass is 16.5. The van der Waals surface area contributed by atoms with Crippen molar-refractivity contribution in [2.24, 2.45) is 0 Å². The quantitative estimate of drug-likeness (QED) is 0.523. The minimum absolute atomic E-state index is 0.0906. The lowest BCUT2D eigenvalue weighted by Crippen LogP contribution is -2.46. The average Bonchev–Trinajstić information content (AvgIpc) is 2.82. The van der Waals surface area contributed by atoms with Gasteiger partial charge in [0.05, 0.1) is 45.7 Å². The molecule has 8 nitrogen and oxygen atoms in total. The van der Waals surface area contributed by atoms with Crippen molar-refractivity contribution in [2.75, 3.05) is 45.9 Å². The summed E-state index contributed by atoms with van der Waals surface area (Å²) in [4.78, 5) is 12.2. The van der Waals surface area contributed by atoms with Crippen LogP contribution in [0.5, 0.6) is 23.0 Å². The van der Waals surface area contributed by atoms with Gasteiger partial charge in [0, 0.05) is 30.1 Å². The highest BCUT2D eigenvalue weighted by molar-refractivity contribution is 5.93. The standard InChI is InChI=1S/C25H31N3O5/c1-7-32-23-12-19-18(11-22(23)31-6)25(28-13-15(2)33-16(3)14-28)27-24(26-19)17-8-9-20(29-4)21(10-17)30-5/h8-12,15-16H,7,13-14H2,1-6H3/t15-,16-/m0/s1. The average molecular weight is 454 g/mol. The molecule has 0 N–H and O–H groups in total. The van der Waals surface area contributed by atoms with Gasteiger partial charge >= 0.3 is 0 Å². The summed E-state index contributed by atoms with van der Waals surface area (Å²) in [7, 11) is 4.87. The summed E-state index contributed by atoms with van der Waals surface area (Å²) in [6.07, 6.45) is 0.181. The van der Waals surface area contributed by atoms with Crippen molar-refractivity contribution >= 4 is 16.7 Å². The molecule has 2 heterocycles. The van der Waals surface area contributed by atoms with Crippen LogP contribution >= 0.6 is 0 Å². The monoisotopic (exact) mass is 453 g/mol. The van der Waals surface area contributed by atoms with Crippen LogP contribution in [0.1, 0.15) is 20.8 Å². The molecule has 1 fully saturated rings. The number of aromatic nitrogens is 2. The Labute approximate surface area is 194 Å². The van der Waals surface area contributed by atoms with Crippen LogP contribution in [-0.2, 0) is 4.74 Å². The predicted octanol–water partition coefficient (Wildman–Crippen LogP) is 4.33. The maximum Gasteiger partial charge on any atom is 0.163 e. The molecular weight excluding hydrogens is 422 g/mol. The number of nitrogens with zero attached hydrogens (tertiary/aromatic N) is 3. The third kappa shape index (κ3) is 4.61. The van der Waals surface area contributed by atoms with E-state index in [2.05, 4.69) is 18.7 Å². The van der Waals surface area contributed by atoms with Gasteiger partial charge in [-0.05, 0) is 45.0 Å². The first-order chi connectivity index (χ1) is 16.0. The Hall–Kier alpha value is -3.26. The van der Waals surface area contributed by atoms with E-state index in [9.17, 15) is 0 Å². The first-order valence-electron chi connectivity index (χ1n) is 11.1. The smallest absolute Gasteiger partial charge is 0.163 e. The molecule has 1 aromatic heterocycles. The molecule has 4 rings (SSSR count). The zero-order valence-corrected chi connectivity index (χ0v) is 20.0. The molecule has 0 saturated carbocycles. The minimum atomic E-state index is 0.0906. The number of hydrogen-bond acceptors (Lipinski definition) is 8. The summed E-state index contributed by atoms with van der Waals surface area (Å²) in [5.74, 6) is 4.02. The van der Waals surface area contributed by atoms with Crippen molar-refractivity contribution in [3.8, 4) is 34.4 Å². The number of anilines is 1. The maximum atomic E-state index is 5.96. The van der Waals surface area contributed by atoms with Crippen molar-refractivity contribution in [1.82, 2.24) is 9.97 Å². The van der Waals surface area contributed by atoms with Crippen LogP contribution in [-0.4, -0.2) is 63.2 Å². The summed E-state index contributed by atoms with van der Waals surface area (Å²) in [6, 6.07) is 9.56. The van der Waals surface area contributed by atoms with Gasteiger partial charge in [0.15, 0.2) is 28.8 Å². The van der Waals surface area contributed by atoms with E-state index < -0.39 is 0 Å². The van der Waals surface area contributed by atoms with Crippen LogP contribution in [0, 0.1) is 0 Å². The Morgan fingerprint density at radius 2 is 1.55 bits per heavy atom. The van der Waals surface area contributed by atoms with Crippen molar-refractivity contribution in [3.05, 3.63) is 30.3 Å². The third-order valence-corrected chi connectivity index (χ3v) is 5.62. The lowest BCUT2D eigenvalue weighted by atomic mass is 10.1. The molecule has 33 heavy (non-hydrogen) atoms. The second-order valence-electron chi connectivity index (χ2n) is 8.06. The Bertz CT molecular complexity index is 1130. The van der Waals surface area contributed by atoms with Crippen LogP contribution in [0.25, 0.3) is 22.3 Å². The maximum absolute atomic E-state index is 5.96. The number of benzene rings is 2. The molecule has 0 spiro atoms. The SMILES string of the molecule is CCOc1cc2nc(-c3ccc(OC)c(OC)c3)nc(N3C[C@H](C)O[C@@H](C)C3)c2cc1OC. The summed E-state index contributed by atoms with van der Waals surface area (Å²) >= 11 is 0. The molecule has 0 unspecified atom stereocenters. The van der Waals surface area contributed by atoms with E-state index in [1.54, 1.807) is 21.3 Å². The first-order valence-corrected chi connectivity index (χ1v) is 11.1. The van der Waals surface area contributed by atoms with Gasteiger partial charge in [-0.2, -0.15) is 0 Å². The second kappa shape index (κ2) is 9.70. The molecule has 176 valence electrons. The van der Waals surface area contributed by atoms with E-state index in [0.717, 1.165) is 35.4 Å². The summed E-state index contributed by atoms with van der Waals surface area (Å²) in [5.41, 5.74) is 1.61. The Balaban J connectivity index is 1.93. The molecule has 0 radical (unpaired) electrons. The summed E-state index contributed by atoms with van der Waals surface area (Å²) in [6.45, 7) is 8.10. The van der Waals surface area contributed by atoms with Gasteiger partial charge in [0.25, 0.3) is 0 Å². The van der Waals surface area contributed by atoms with Crippen molar-refractivity contribution in [2.45, 2.75) is 33.0 Å². The van der Waals surface area contributed by atoms with Gasteiger partial charge in [-0.15, -0.1) is 0 Å².